The van der Waals surface area contributed by atoms with Gasteiger partial charge < -0.3 is 0 Å². The normalized spacial score (nSPS) is 23.7. The lowest BCUT2D eigenvalue weighted by Crippen LogP contribution is -2.39. The summed E-state index contributed by atoms with van der Waals surface area (Å²) >= 11 is 0. The molecule has 3 nitrogen and oxygen atoms in total. The zero-order valence-corrected chi connectivity index (χ0v) is 11.5. The number of amides is 1. The van der Waals surface area contributed by atoms with Crippen LogP contribution in [-0.2, 0) is 4.79 Å². The van der Waals surface area contributed by atoms with Crippen molar-refractivity contribution in [1.82, 2.24) is 4.90 Å². The zero-order valence-electron chi connectivity index (χ0n) is 11.5. The van der Waals surface area contributed by atoms with E-state index < -0.39 is 5.54 Å². The minimum Gasteiger partial charge on any atom is -0.298 e. The Bertz CT molecular complexity index is 479. The number of nitrogens with zero attached hydrogens (tertiary/aromatic N) is 2. The Morgan fingerprint density at radius 1 is 1.28 bits per heavy atom. The van der Waals surface area contributed by atoms with Gasteiger partial charge in [0, 0.05) is 12.6 Å². The van der Waals surface area contributed by atoms with Gasteiger partial charge in [0.1, 0.15) is 11.4 Å². The van der Waals surface area contributed by atoms with E-state index in [0.717, 1.165) is 17.8 Å². The number of aliphatic imine (C=N–C) groups is 1. The lowest BCUT2D eigenvalue weighted by Gasteiger charge is -2.21. The van der Waals surface area contributed by atoms with E-state index >= 15 is 0 Å². The van der Waals surface area contributed by atoms with Gasteiger partial charge in [0.05, 0.1) is 0 Å². The Morgan fingerprint density at radius 2 is 1.89 bits per heavy atom. The summed E-state index contributed by atoms with van der Waals surface area (Å²) in [5.41, 5.74) is 0.398. The van der Waals surface area contributed by atoms with Gasteiger partial charge in [0.2, 0.25) is 0 Å². The summed E-state index contributed by atoms with van der Waals surface area (Å²) in [7, 11) is 1.81. The molecule has 96 valence electrons. The average Bonchev–Trinajstić information content (AvgIpc) is 2.54. The highest BCUT2D eigenvalue weighted by molar-refractivity contribution is 6.14. The molecule has 18 heavy (non-hydrogen) atoms. The van der Waals surface area contributed by atoms with E-state index in [2.05, 4.69) is 18.8 Å². The first kappa shape index (κ1) is 12.8. The highest BCUT2D eigenvalue weighted by Gasteiger charge is 2.43. The number of benzene rings is 1. The zero-order chi connectivity index (χ0) is 13.3. The largest absolute Gasteiger partial charge is 0.298 e. The van der Waals surface area contributed by atoms with Gasteiger partial charge >= 0.3 is 0 Å². The molecule has 0 saturated heterocycles. The van der Waals surface area contributed by atoms with Crippen LogP contribution in [0.1, 0.15) is 32.8 Å². The number of hydrogen-bond acceptors (Lipinski definition) is 2. The van der Waals surface area contributed by atoms with Gasteiger partial charge in [-0.3, -0.25) is 14.7 Å². The van der Waals surface area contributed by atoms with Crippen LogP contribution in [0.2, 0.25) is 0 Å². The van der Waals surface area contributed by atoms with Crippen molar-refractivity contribution in [1.29, 1.82) is 0 Å². The van der Waals surface area contributed by atoms with Gasteiger partial charge in [-0.1, -0.05) is 44.2 Å². The van der Waals surface area contributed by atoms with Gasteiger partial charge in [-0.25, -0.2) is 0 Å². The topological polar surface area (TPSA) is 32.7 Å². The van der Waals surface area contributed by atoms with Crippen molar-refractivity contribution in [2.45, 2.75) is 32.7 Å². The second kappa shape index (κ2) is 4.56. The van der Waals surface area contributed by atoms with Crippen LogP contribution >= 0.6 is 0 Å². The van der Waals surface area contributed by atoms with Gasteiger partial charge in [-0.05, 0) is 19.3 Å². The maximum absolute atomic E-state index is 12.4. The van der Waals surface area contributed by atoms with Crippen molar-refractivity contribution in [3.05, 3.63) is 35.9 Å². The molecule has 0 saturated carbocycles. The summed E-state index contributed by atoms with van der Waals surface area (Å²) in [6.07, 6.45) is 0.784. The molecule has 1 heterocycles. The Morgan fingerprint density at radius 3 is 2.44 bits per heavy atom. The van der Waals surface area contributed by atoms with Crippen LogP contribution in [0.4, 0.5) is 0 Å². The molecule has 0 radical (unpaired) electrons. The van der Waals surface area contributed by atoms with Gasteiger partial charge in [-0.2, -0.15) is 0 Å². The molecule has 0 aliphatic carbocycles. The maximum Gasteiger partial charge on any atom is 0.255 e. The van der Waals surface area contributed by atoms with Crippen LogP contribution < -0.4 is 0 Å². The van der Waals surface area contributed by atoms with Crippen molar-refractivity contribution < 1.29 is 4.79 Å². The molecule has 0 aromatic heterocycles. The first-order valence-electron chi connectivity index (χ1n) is 6.37. The molecular weight excluding hydrogens is 224 g/mol. The Balaban J connectivity index is 2.38. The molecule has 1 aliphatic heterocycles. The molecule has 3 heteroatoms. The number of carbonyl (C=O) groups excluding carboxylic acids is 1. The predicted octanol–water partition coefficient (Wildman–Crippen LogP) is 2.71. The molecule has 1 amide bonds. The third-order valence-corrected chi connectivity index (χ3v) is 3.27. The fourth-order valence-corrected chi connectivity index (χ4v) is 2.59. The van der Waals surface area contributed by atoms with E-state index in [0.29, 0.717) is 5.92 Å². The monoisotopic (exact) mass is 244 g/mol. The summed E-state index contributed by atoms with van der Waals surface area (Å²) in [4.78, 5) is 18.7. The molecular formula is C15H20N2O. The average molecular weight is 244 g/mol. The molecule has 1 aromatic rings. The molecule has 0 N–H and O–H groups in total. The SMILES string of the molecule is CC(C)C[C@]1(C)N=C(c2ccccc2)N(C)C1=O. The third-order valence-electron chi connectivity index (χ3n) is 3.27. The number of amidine groups is 1. The molecule has 0 spiro atoms. The number of carbonyl (C=O) groups is 1. The van der Waals surface area contributed by atoms with E-state index in [1.54, 1.807) is 11.9 Å². The Hall–Kier alpha value is -1.64. The minimum absolute atomic E-state index is 0.0926. The minimum atomic E-state index is -0.603. The fraction of sp³-hybridized carbons (Fsp3) is 0.467. The van der Waals surface area contributed by atoms with Crippen LogP contribution in [0.15, 0.2) is 35.3 Å². The standard InChI is InChI=1S/C15H20N2O/c1-11(2)10-15(3)14(18)17(4)13(16-15)12-8-6-5-7-9-12/h5-9,11H,10H2,1-4H3/t15-/m0/s1. The summed E-state index contributed by atoms with van der Waals surface area (Å²) in [6, 6.07) is 9.88. The number of rotatable bonds is 3. The van der Waals surface area contributed by atoms with Crippen LogP contribution in [0.5, 0.6) is 0 Å². The van der Waals surface area contributed by atoms with Crippen LogP contribution in [0.25, 0.3) is 0 Å². The third kappa shape index (κ3) is 2.17. The smallest absolute Gasteiger partial charge is 0.255 e. The van der Waals surface area contributed by atoms with Gasteiger partial charge in [0.25, 0.3) is 5.91 Å². The molecule has 1 atom stereocenters. The lowest BCUT2D eigenvalue weighted by molar-refractivity contribution is -0.130. The fourth-order valence-electron chi connectivity index (χ4n) is 2.59. The van der Waals surface area contributed by atoms with Gasteiger partial charge in [0.15, 0.2) is 0 Å². The highest BCUT2D eigenvalue weighted by Crippen LogP contribution is 2.30. The van der Waals surface area contributed by atoms with E-state index in [1.165, 1.54) is 0 Å². The molecule has 0 bridgehead atoms. The van der Waals surface area contributed by atoms with Crippen LogP contribution in [0, 0.1) is 5.92 Å². The molecule has 1 aliphatic rings. The highest BCUT2D eigenvalue weighted by atomic mass is 16.2. The second-order valence-electron chi connectivity index (χ2n) is 5.54. The van der Waals surface area contributed by atoms with E-state index in [4.69, 9.17) is 0 Å². The molecule has 2 rings (SSSR count). The van der Waals surface area contributed by atoms with E-state index in [-0.39, 0.29) is 5.91 Å². The molecule has 0 fully saturated rings. The summed E-state index contributed by atoms with van der Waals surface area (Å²) in [5, 5.41) is 0. The van der Waals surface area contributed by atoms with Gasteiger partial charge in [-0.15, -0.1) is 0 Å². The van der Waals surface area contributed by atoms with Crippen molar-refractivity contribution in [2.24, 2.45) is 10.9 Å². The predicted molar refractivity (Wildman–Crippen MR) is 73.6 cm³/mol. The second-order valence-corrected chi connectivity index (χ2v) is 5.54. The van der Waals surface area contributed by atoms with Crippen LogP contribution in [0.3, 0.4) is 0 Å². The van der Waals surface area contributed by atoms with E-state index in [9.17, 15) is 4.79 Å². The summed E-state index contributed by atoms with van der Waals surface area (Å²) < 4.78 is 0. The quantitative estimate of drug-likeness (QED) is 0.804. The van der Waals surface area contributed by atoms with E-state index in [1.807, 2.05) is 37.3 Å². The molecule has 0 unspecified atom stereocenters. The maximum atomic E-state index is 12.4. The summed E-state index contributed by atoms with van der Waals surface area (Å²) in [5.74, 6) is 1.32. The van der Waals surface area contributed by atoms with Crippen molar-refractivity contribution >= 4 is 11.7 Å². The Labute approximate surface area is 109 Å². The van der Waals surface area contributed by atoms with Crippen molar-refractivity contribution in [2.75, 3.05) is 7.05 Å². The van der Waals surface area contributed by atoms with Crippen molar-refractivity contribution in [3.8, 4) is 0 Å². The Kier molecular flexibility index (Phi) is 3.24. The number of hydrogen-bond donors (Lipinski definition) is 0. The van der Waals surface area contributed by atoms with Crippen molar-refractivity contribution in [3.63, 3.8) is 0 Å². The lowest BCUT2D eigenvalue weighted by atomic mass is 9.91. The first-order valence-corrected chi connectivity index (χ1v) is 6.37. The summed E-state index contributed by atoms with van der Waals surface area (Å²) in [6.45, 7) is 6.17. The first-order chi connectivity index (χ1) is 8.44. The van der Waals surface area contributed by atoms with Crippen LogP contribution in [-0.4, -0.2) is 29.2 Å². The number of likely N-dealkylation sites (N-methyl/N-ethyl adjacent to an activating group) is 1. The molecule has 1 aromatic carbocycles.